The van der Waals surface area contributed by atoms with Crippen molar-refractivity contribution in [3.63, 3.8) is 0 Å². The van der Waals surface area contributed by atoms with Crippen molar-refractivity contribution in [1.29, 1.82) is 0 Å². The van der Waals surface area contributed by atoms with Crippen LogP contribution in [0.15, 0.2) is 54.6 Å². The number of benzene rings is 2. The monoisotopic (exact) mass is 448 g/mol. The molecule has 1 aliphatic heterocycles. The average molecular weight is 449 g/mol. The van der Waals surface area contributed by atoms with Crippen LogP contribution in [0.3, 0.4) is 0 Å². The van der Waals surface area contributed by atoms with E-state index in [1.807, 2.05) is 30.3 Å². The maximum atomic E-state index is 13.7. The lowest BCUT2D eigenvalue weighted by Crippen LogP contribution is -2.53. The number of para-hydroxylation sites is 1. The number of rotatable bonds is 8. The third-order valence-electron chi connectivity index (χ3n) is 5.94. The van der Waals surface area contributed by atoms with Gasteiger partial charge in [-0.3, -0.25) is 4.79 Å². The van der Waals surface area contributed by atoms with Crippen LogP contribution in [0.5, 0.6) is 5.75 Å². The lowest BCUT2D eigenvalue weighted by Gasteiger charge is -2.42. The number of hydrogen-bond acceptors (Lipinski definition) is 4. The Hall–Kier alpha value is -2.45. The third-order valence-corrected chi connectivity index (χ3v) is 7.82. The Balaban J connectivity index is 1.74. The Morgan fingerprint density at radius 2 is 1.71 bits per heavy atom. The number of carbonyl (C=O) groups excluding carboxylic acids is 1. The molecule has 0 atom stereocenters. The summed E-state index contributed by atoms with van der Waals surface area (Å²) in [4.78, 5) is 15.2. The van der Waals surface area contributed by atoms with Gasteiger partial charge in [-0.05, 0) is 37.5 Å². The molecular weight excluding hydrogens is 419 g/mol. The molecule has 1 amide bonds. The molecule has 0 unspecified atom stereocenters. The molecule has 2 aromatic carbocycles. The number of sulfonamides is 1. The summed E-state index contributed by atoms with van der Waals surface area (Å²) < 4.78 is 45.3. The third kappa shape index (κ3) is 5.07. The van der Waals surface area contributed by atoms with Crippen molar-refractivity contribution in [3.05, 3.63) is 66.0 Å². The Labute approximate surface area is 183 Å². The maximum Gasteiger partial charge on any atom is 0.233 e. The topological polar surface area (TPSA) is 66.9 Å². The molecule has 0 aromatic heterocycles. The highest BCUT2D eigenvalue weighted by atomic mass is 32.2. The van der Waals surface area contributed by atoms with Gasteiger partial charge in [0.05, 0.1) is 17.7 Å². The number of ether oxygens (including phenoxy) is 1. The molecule has 0 aliphatic carbocycles. The second kappa shape index (κ2) is 9.78. The van der Waals surface area contributed by atoms with Gasteiger partial charge in [0.25, 0.3) is 0 Å². The first-order valence-electron chi connectivity index (χ1n) is 10.5. The van der Waals surface area contributed by atoms with Crippen molar-refractivity contribution >= 4 is 15.9 Å². The fourth-order valence-corrected chi connectivity index (χ4v) is 5.14. The first kappa shape index (κ1) is 23.2. The van der Waals surface area contributed by atoms with Crippen LogP contribution in [0, 0.1) is 5.82 Å². The second-order valence-electron chi connectivity index (χ2n) is 7.75. The first-order valence-corrected chi connectivity index (χ1v) is 12.1. The minimum atomic E-state index is -3.30. The van der Waals surface area contributed by atoms with E-state index in [9.17, 15) is 17.6 Å². The van der Waals surface area contributed by atoms with Gasteiger partial charge in [0, 0.05) is 20.1 Å². The summed E-state index contributed by atoms with van der Waals surface area (Å²) in [5.74, 6) is -0.322. The fourth-order valence-electron chi connectivity index (χ4n) is 4.03. The summed E-state index contributed by atoms with van der Waals surface area (Å²) in [7, 11) is -1.59. The number of piperidine rings is 1. The van der Waals surface area contributed by atoms with E-state index in [1.165, 1.54) is 10.4 Å². The van der Waals surface area contributed by atoms with Crippen molar-refractivity contribution in [2.75, 3.05) is 39.0 Å². The summed E-state index contributed by atoms with van der Waals surface area (Å²) in [5, 5.41) is 0. The second-order valence-corrected chi connectivity index (χ2v) is 10.0. The maximum absolute atomic E-state index is 13.7. The van der Waals surface area contributed by atoms with E-state index < -0.39 is 21.3 Å². The zero-order valence-electron chi connectivity index (χ0n) is 18.0. The van der Waals surface area contributed by atoms with Crippen molar-refractivity contribution in [2.45, 2.75) is 25.2 Å². The quantitative estimate of drug-likeness (QED) is 0.623. The molecule has 0 N–H and O–H groups in total. The number of nitrogens with zero attached hydrogens (tertiary/aromatic N) is 2. The van der Waals surface area contributed by atoms with Crippen LogP contribution in [0.25, 0.3) is 0 Å². The molecule has 8 heteroatoms. The Kier molecular flexibility index (Phi) is 7.33. The Morgan fingerprint density at radius 3 is 2.32 bits per heavy atom. The van der Waals surface area contributed by atoms with E-state index in [-0.39, 0.29) is 24.0 Å². The molecule has 0 radical (unpaired) electrons. The van der Waals surface area contributed by atoms with Gasteiger partial charge in [0.15, 0.2) is 11.6 Å². The van der Waals surface area contributed by atoms with Crippen LogP contribution >= 0.6 is 0 Å². The smallest absolute Gasteiger partial charge is 0.233 e. The zero-order valence-corrected chi connectivity index (χ0v) is 18.8. The highest BCUT2D eigenvalue weighted by Crippen LogP contribution is 2.38. The lowest BCUT2D eigenvalue weighted by molar-refractivity contribution is -0.138. The van der Waals surface area contributed by atoms with Gasteiger partial charge in [-0.15, -0.1) is 0 Å². The zero-order chi connectivity index (χ0) is 22.5. The molecule has 1 aliphatic rings. The summed E-state index contributed by atoms with van der Waals surface area (Å²) in [6, 6.07) is 15.7. The summed E-state index contributed by atoms with van der Waals surface area (Å²) >= 11 is 0. The van der Waals surface area contributed by atoms with Gasteiger partial charge in [-0.1, -0.05) is 42.5 Å². The van der Waals surface area contributed by atoms with Crippen LogP contribution in [0.4, 0.5) is 4.39 Å². The lowest BCUT2D eigenvalue weighted by atomic mass is 9.72. The Morgan fingerprint density at radius 1 is 1.10 bits per heavy atom. The average Bonchev–Trinajstić information content (AvgIpc) is 2.80. The SMILES string of the molecule is CCS(=O)(=O)N1CCC(C(=O)N(C)CCOc2ccccc2F)(c2ccccc2)CC1. The molecular formula is C23H29FN2O4S. The van der Waals surface area contributed by atoms with Crippen LogP contribution in [0.2, 0.25) is 0 Å². The molecule has 0 saturated carbocycles. The van der Waals surface area contributed by atoms with E-state index in [2.05, 4.69) is 0 Å². The predicted molar refractivity (Wildman–Crippen MR) is 118 cm³/mol. The molecule has 3 rings (SSSR count). The Bertz CT molecular complexity index is 990. The molecule has 6 nitrogen and oxygen atoms in total. The summed E-state index contributed by atoms with van der Waals surface area (Å²) in [5.41, 5.74) is 0.0868. The summed E-state index contributed by atoms with van der Waals surface area (Å²) in [6.07, 6.45) is 0.821. The van der Waals surface area contributed by atoms with Crippen molar-refractivity contribution in [3.8, 4) is 5.75 Å². The van der Waals surface area contributed by atoms with Crippen LogP contribution in [-0.4, -0.2) is 62.6 Å². The van der Waals surface area contributed by atoms with Crippen LogP contribution < -0.4 is 4.74 Å². The van der Waals surface area contributed by atoms with Gasteiger partial charge < -0.3 is 9.64 Å². The van der Waals surface area contributed by atoms with Crippen LogP contribution in [0.1, 0.15) is 25.3 Å². The molecule has 1 saturated heterocycles. The minimum absolute atomic E-state index is 0.0482. The van der Waals surface area contributed by atoms with E-state index in [0.29, 0.717) is 32.5 Å². The largest absolute Gasteiger partial charge is 0.489 e. The van der Waals surface area contributed by atoms with E-state index >= 15 is 0 Å². The van der Waals surface area contributed by atoms with Crippen LogP contribution in [-0.2, 0) is 20.2 Å². The van der Waals surface area contributed by atoms with Crippen molar-refractivity contribution in [1.82, 2.24) is 9.21 Å². The molecule has 31 heavy (non-hydrogen) atoms. The number of halogens is 1. The standard InChI is InChI=1S/C23H29FN2O4S/c1-3-31(28,29)26-15-13-23(14-16-26,19-9-5-4-6-10-19)22(27)25(2)17-18-30-21-12-8-7-11-20(21)24/h4-12H,3,13-18H2,1-2H3. The van der Waals surface area contributed by atoms with Gasteiger partial charge in [0.1, 0.15) is 6.61 Å². The van der Waals surface area contributed by atoms with Gasteiger partial charge in [0.2, 0.25) is 15.9 Å². The first-order chi connectivity index (χ1) is 14.8. The molecule has 1 heterocycles. The number of hydrogen-bond donors (Lipinski definition) is 0. The van der Waals surface area contributed by atoms with Gasteiger partial charge >= 0.3 is 0 Å². The predicted octanol–water partition coefficient (Wildman–Crippen LogP) is 3.05. The van der Waals surface area contributed by atoms with E-state index in [0.717, 1.165) is 5.56 Å². The molecule has 0 spiro atoms. The van der Waals surface area contributed by atoms with Gasteiger partial charge in [-0.2, -0.15) is 0 Å². The van der Waals surface area contributed by atoms with E-state index in [1.54, 1.807) is 37.1 Å². The van der Waals surface area contributed by atoms with Crippen molar-refractivity contribution in [2.24, 2.45) is 0 Å². The molecule has 2 aromatic rings. The number of carbonyl (C=O) groups is 1. The highest BCUT2D eigenvalue weighted by molar-refractivity contribution is 7.89. The highest BCUT2D eigenvalue weighted by Gasteiger charge is 2.45. The number of likely N-dealkylation sites (N-methyl/N-ethyl adjacent to an activating group) is 1. The molecule has 168 valence electrons. The molecule has 0 bridgehead atoms. The van der Waals surface area contributed by atoms with Gasteiger partial charge in [-0.25, -0.2) is 17.1 Å². The van der Waals surface area contributed by atoms with E-state index in [4.69, 9.17) is 4.74 Å². The fraction of sp³-hybridized carbons (Fsp3) is 0.435. The molecule has 1 fully saturated rings. The summed E-state index contributed by atoms with van der Waals surface area (Å²) in [6.45, 7) is 2.68. The minimum Gasteiger partial charge on any atom is -0.489 e. The van der Waals surface area contributed by atoms with Crippen molar-refractivity contribution < 1.29 is 22.3 Å². The normalized spacial score (nSPS) is 16.6. The number of amides is 1.